The highest BCUT2D eigenvalue weighted by Crippen LogP contribution is 2.08. The van der Waals surface area contributed by atoms with Crippen LogP contribution in [0.4, 0.5) is 0 Å². The van der Waals surface area contributed by atoms with E-state index in [1.807, 2.05) is 6.08 Å². The third-order valence-electron chi connectivity index (χ3n) is 2.95. The van der Waals surface area contributed by atoms with E-state index in [4.69, 9.17) is 0 Å². The second-order valence-electron chi connectivity index (χ2n) is 4.67. The van der Waals surface area contributed by atoms with Gasteiger partial charge in [0.1, 0.15) is 0 Å². The Bertz CT molecular complexity index is 224. The van der Waals surface area contributed by atoms with Crippen molar-refractivity contribution < 1.29 is 14.6 Å². The summed E-state index contributed by atoms with van der Waals surface area (Å²) in [4.78, 5) is 10.9. The third kappa shape index (κ3) is 11.6. The van der Waals surface area contributed by atoms with Crippen LogP contribution in [-0.2, 0) is 9.53 Å². The number of methoxy groups -OCH3 is 1. The van der Waals surface area contributed by atoms with E-state index in [0.717, 1.165) is 6.42 Å². The first-order valence-electron chi connectivity index (χ1n) is 7.12. The molecule has 0 heterocycles. The van der Waals surface area contributed by atoms with Crippen molar-refractivity contribution in [2.75, 3.05) is 7.11 Å². The molecule has 3 heteroatoms. The molecule has 0 aliphatic heterocycles. The summed E-state index contributed by atoms with van der Waals surface area (Å²) in [5.74, 6) is -0.265. The monoisotopic (exact) mass is 256 g/mol. The summed E-state index contributed by atoms with van der Waals surface area (Å²) >= 11 is 0. The third-order valence-corrected chi connectivity index (χ3v) is 2.95. The lowest BCUT2D eigenvalue weighted by molar-refractivity contribution is -0.141. The van der Waals surface area contributed by atoms with Crippen molar-refractivity contribution in [1.29, 1.82) is 0 Å². The van der Waals surface area contributed by atoms with Crippen molar-refractivity contribution in [3.05, 3.63) is 12.2 Å². The number of esters is 1. The molecule has 0 fully saturated rings. The van der Waals surface area contributed by atoms with Crippen LogP contribution in [0, 0.1) is 0 Å². The average Bonchev–Trinajstić information content (AvgIpc) is 2.39. The molecule has 0 aromatic heterocycles. The molecule has 0 spiro atoms. The van der Waals surface area contributed by atoms with Crippen molar-refractivity contribution in [2.24, 2.45) is 0 Å². The highest BCUT2D eigenvalue weighted by atomic mass is 16.5. The minimum absolute atomic E-state index is 0.265. The van der Waals surface area contributed by atoms with Crippen molar-refractivity contribution in [2.45, 2.75) is 70.8 Å². The van der Waals surface area contributed by atoms with E-state index < -0.39 is 6.10 Å². The van der Waals surface area contributed by atoms with Crippen molar-refractivity contribution >= 4 is 5.97 Å². The molecule has 0 aliphatic rings. The number of rotatable bonds is 11. The molecular formula is C15H28O3. The van der Waals surface area contributed by atoms with Gasteiger partial charge in [-0.15, -0.1) is 0 Å². The zero-order chi connectivity index (χ0) is 13.6. The van der Waals surface area contributed by atoms with Gasteiger partial charge in [-0.05, 0) is 19.3 Å². The molecule has 0 aromatic carbocycles. The quantitative estimate of drug-likeness (QED) is 0.349. The topological polar surface area (TPSA) is 46.5 Å². The second kappa shape index (κ2) is 12.6. The maximum Gasteiger partial charge on any atom is 0.305 e. The molecule has 106 valence electrons. The van der Waals surface area contributed by atoms with Crippen molar-refractivity contribution in [3.63, 3.8) is 0 Å². The summed E-state index contributed by atoms with van der Waals surface area (Å²) in [6, 6.07) is 0. The molecule has 0 rings (SSSR count). The number of carbonyl (C=O) groups excluding carboxylic acids is 1. The fraction of sp³-hybridized carbons (Fsp3) is 0.800. The van der Waals surface area contributed by atoms with E-state index in [0.29, 0.717) is 6.42 Å². The van der Waals surface area contributed by atoms with Gasteiger partial charge in [0, 0.05) is 6.42 Å². The molecule has 1 unspecified atom stereocenters. The summed E-state index contributed by atoms with van der Waals surface area (Å²) in [7, 11) is 1.36. The Morgan fingerprint density at radius 3 is 2.56 bits per heavy atom. The lowest BCUT2D eigenvalue weighted by Gasteiger charge is -2.04. The largest absolute Gasteiger partial charge is 0.469 e. The van der Waals surface area contributed by atoms with Gasteiger partial charge in [0.25, 0.3) is 0 Å². The number of ether oxygens (including phenoxy) is 1. The van der Waals surface area contributed by atoms with Crippen molar-refractivity contribution in [3.8, 4) is 0 Å². The van der Waals surface area contributed by atoms with Crippen LogP contribution < -0.4 is 0 Å². The Hall–Kier alpha value is -0.830. The van der Waals surface area contributed by atoms with Gasteiger partial charge >= 0.3 is 5.97 Å². The zero-order valence-electron chi connectivity index (χ0n) is 11.9. The van der Waals surface area contributed by atoms with Crippen LogP contribution in [0.1, 0.15) is 64.7 Å². The fourth-order valence-electron chi connectivity index (χ4n) is 1.76. The van der Waals surface area contributed by atoms with Crippen LogP contribution in [-0.4, -0.2) is 24.3 Å². The zero-order valence-corrected chi connectivity index (χ0v) is 11.9. The SMILES string of the molecule is CCCCCCCC/C=C/C(O)CCC(=O)OC. The Morgan fingerprint density at radius 2 is 1.89 bits per heavy atom. The maximum absolute atomic E-state index is 10.9. The van der Waals surface area contributed by atoms with Crippen LogP contribution in [0.25, 0.3) is 0 Å². The van der Waals surface area contributed by atoms with Gasteiger partial charge in [-0.2, -0.15) is 0 Å². The first-order valence-corrected chi connectivity index (χ1v) is 7.12. The minimum Gasteiger partial charge on any atom is -0.469 e. The summed E-state index contributed by atoms with van der Waals surface area (Å²) < 4.78 is 4.52. The summed E-state index contributed by atoms with van der Waals surface area (Å²) in [6.07, 6.45) is 12.7. The van der Waals surface area contributed by atoms with Crippen LogP contribution in [0.15, 0.2) is 12.2 Å². The number of hydrogen-bond acceptors (Lipinski definition) is 3. The van der Waals surface area contributed by atoms with Crippen LogP contribution >= 0.6 is 0 Å². The molecule has 0 amide bonds. The standard InChI is InChI=1S/C15H28O3/c1-3-4-5-6-7-8-9-10-11-14(16)12-13-15(17)18-2/h10-11,14,16H,3-9,12-13H2,1-2H3/b11-10+. The smallest absolute Gasteiger partial charge is 0.305 e. The predicted molar refractivity (Wildman–Crippen MR) is 74.4 cm³/mol. The number of unbranched alkanes of at least 4 members (excludes halogenated alkanes) is 6. The highest BCUT2D eigenvalue weighted by Gasteiger charge is 2.04. The molecule has 0 saturated carbocycles. The lowest BCUT2D eigenvalue weighted by Crippen LogP contribution is -2.07. The van der Waals surface area contributed by atoms with E-state index in [-0.39, 0.29) is 12.4 Å². The number of carbonyl (C=O) groups is 1. The Kier molecular flexibility index (Phi) is 12.0. The summed E-state index contributed by atoms with van der Waals surface area (Å²) in [5.41, 5.74) is 0. The molecule has 0 aliphatic carbocycles. The van der Waals surface area contributed by atoms with Gasteiger partial charge in [-0.3, -0.25) is 4.79 Å². The molecular weight excluding hydrogens is 228 g/mol. The molecule has 18 heavy (non-hydrogen) atoms. The number of hydrogen-bond donors (Lipinski definition) is 1. The van der Waals surface area contributed by atoms with Crippen molar-refractivity contribution in [1.82, 2.24) is 0 Å². The van der Waals surface area contributed by atoms with Gasteiger partial charge in [0.15, 0.2) is 0 Å². The molecule has 3 nitrogen and oxygen atoms in total. The molecule has 0 saturated heterocycles. The van der Waals surface area contributed by atoms with Gasteiger partial charge in [-0.1, -0.05) is 51.2 Å². The van der Waals surface area contributed by atoms with E-state index in [2.05, 4.69) is 11.7 Å². The van der Waals surface area contributed by atoms with E-state index >= 15 is 0 Å². The predicted octanol–water partition coefficient (Wildman–Crippen LogP) is 3.61. The van der Waals surface area contributed by atoms with Gasteiger partial charge in [-0.25, -0.2) is 0 Å². The normalized spacial score (nSPS) is 12.8. The highest BCUT2D eigenvalue weighted by molar-refractivity contribution is 5.69. The molecule has 1 N–H and O–H groups in total. The van der Waals surface area contributed by atoms with Gasteiger partial charge in [0.05, 0.1) is 13.2 Å². The van der Waals surface area contributed by atoms with Crippen LogP contribution in [0.3, 0.4) is 0 Å². The average molecular weight is 256 g/mol. The van der Waals surface area contributed by atoms with Crippen LogP contribution in [0.2, 0.25) is 0 Å². The Balaban J connectivity index is 3.37. The molecule has 0 bridgehead atoms. The lowest BCUT2D eigenvalue weighted by atomic mass is 10.1. The summed E-state index contributed by atoms with van der Waals surface area (Å²) in [5, 5.41) is 9.57. The van der Waals surface area contributed by atoms with Gasteiger partial charge in [0.2, 0.25) is 0 Å². The van der Waals surface area contributed by atoms with E-state index in [9.17, 15) is 9.90 Å². The molecule has 0 aromatic rings. The number of aliphatic hydroxyl groups excluding tert-OH is 1. The van der Waals surface area contributed by atoms with E-state index in [1.54, 1.807) is 6.08 Å². The molecule has 0 radical (unpaired) electrons. The maximum atomic E-state index is 10.9. The van der Waals surface area contributed by atoms with Crippen LogP contribution in [0.5, 0.6) is 0 Å². The Labute approximate surface area is 111 Å². The molecule has 1 atom stereocenters. The fourth-order valence-corrected chi connectivity index (χ4v) is 1.76. The van der Waals surface area contributed by atoms with Gasteiger partial charge < -0.3 is 9.84 Å². The second-order valence-corrected chi connectivity index (χ2v) is 4.67. The first kappa shape index (κ1) is 17.2. The van der Waals surface area contributed by atoms with E-state index in [1.165, 1.54) is 45.6 Å². The number of allylic oxidation sites excluding steroid dienone is 1. The minimum atomic E-state index is -0.524. The summed E-state index contributed by atoms with van der Waals surface area (Å²) in [6.45, 7) is 2.22. The first-order chi connectivity index (χ1) is 8.70. The Morgan fingerprint density at radius 1 is 1.22 bits per heavy atom. The number of aliphatic hydroxyl groups is 1.